The minimum atomic E-state index is -0.388. The van der Waals surface area contributed by atoms with Crippen LogP contribution >= 0.6 is 11.8 Å². The van der Waals surface area contributed by atoms with Crippen LogP contribution in [-0.4, -0.2) is 29.9 Å². The van der Waals surface area contributed by atoms with Crippen LogP contribution in [0.2, 0.25) is 0 Å². The van der Waals surface area contributed by atoms with Gasteiger partial charge in [0.15, 0.2) is 6.10 Å². The molecule has 0 spiro atoms. The SMILES string of the molecule is CCCCSCCC1OC(C(C)(C)C)OC1=O. The van der Waals surface area contributed by atoms with Gasteiger partial charge >= 0.3 is 5.97 Å². The topological polar surface area (TPSA) is 35.5 Å². The summed E-state index contributed by atoms with van der Waals surface area (Å²) in [6.07, 6.45) is 2.49. The molecule has 0 aliphatic carbocycles. The summed E-state index contributed by atoms with van der Waals surface area (Å²) >= 11 is 1.89. The quantitative estimate of drug-likeness (QED) is 0.542. The van der Waals surface area contributed by atoms with Crippen LogP contribution < -0.4 is 0 Å². The third-order valence-electron chi connectivity index (χ3n) is 2.65. The lowest BCUT2D eigenvalue weighted by atomic mass is 9.96. The summed E-state index contributed by atoms with van der Waals surface area (Å²) in [5, 5.41) is 0. The maximum absolute atomic E-state index is 11.6. The van der Waals surface area contributed by atoms with E-state index in [2.05, 4.69) is 6.92 Å². The molecule has 0 bridgehead atoms. The molecule has 0 saturated carbocycles. The van der Waals surface area contributed by atoms with Crippen molar-refractivity contribution in [2.45, 2.75) is 59.4 Å². The first kappa shape index (κ1) is 14.8. The predicted octanol–water partition coefficient (Wildman–Crippen LogP) is 3.22. The zero-order chi connectivity index (χ0) is 12.9. The van der Waals surface area contributed by atoms with Crippen molar-refractivity contribution in [1.29, 1.82) is 0 Å². The van der Waals surface area contributed by atoms with Crippen molar-refractivity contribution in [3.63, 3.8) is 0 Å². The molecule has 2 unspecified atom stereocenters. The highest BCUT2D eigenvalue weighted by Gasteiger charge is 2.41. The number of rotatable bonds is 6. The van der Waals surface area contributed by atoms with Gasteiger partial charge in [0.05, 0.1) is 0 Å². The Kier molecular flexibility index (Phi) is 5.80. The van der Waals surface area contributed by atoms with Gasteiger partial charge in [0.2, 0.25) is 6.29 Å². The van der Waals surface area contributed by atoms with E-state index in [0.717, 1.165) is 12.2 Å². The Bertz CT molecular complexity index is 248. The molecule has 1 aliphatic rings. The summed E-state index contributed by atoms with van der Waals surface area (Å²) < 4.78 is 10.9. The molecule has 100 valence electrons. The molecule has 1 heterocycles. The molecule has 4 heteroatoms. The first-order valence-electron chi connectivity index (χ1n) is 6.39. The summed E-state index contributed by atoms with van der Waals surface area (Å²) in [6, 6.07) is 0. The Morgan fingerprint density at radius 3 is 2.53 bits per heavy atom. The largest absolute Gasteiger partial charge is 0.433 e. The average molecular weight is 260 g/mol. The predicted molar refractivity (Wildman–Crippen MR) is 71.1 cm³/mol. The first-order valence-corrected chi connectivity index (χ1v) is 7.54. The number of hydrogen-bond donors (Lipinski definition) is 0. The Hall–Kier alpha value is -0.220. The highest BCUT2D eigenvalue weighted by molar-refractivity contribution is 7.99. The molecular weight excluding hydrogens is 236 g/mol. The zero-order valence-corrected chi connectivity index (χ0v) is 12.1. The van der Waals surface area contributed by atoms with Crippen LogP contribution in [0.15, 0.2) is 0 Å². The molecule has 1 rings (SSSR count). The summed E-state index contributed by atoms with van der Waals surface area (Å²) in [5.74, 6) is 1.94. The van der Waals surface area contributed by atoms with Gasteiger partial charge in [-0.3, -0.25) is 0 Å². The molecule has 0 aromatic heterocycles. The fraction of sp³-hybridized carbons (Fsp3) is 0.923. The molecule has 17 heavy (non-hydrogen) atoms. The molecule has 3 nitrogen and oxygen atoms in total. The van der Waals surface area contributed by atoms with E-state index in [1.807, 2.05) is 32.5 Å². The van der Waals surface area contributed by atoms with E-state index in [0.29, 0.717) is 0 Å². The lowest BCUT2D eigenvalue weighted by molar-refractivity contribution is -0.154. The Morgan fingerprint density at radius 1 is 1.29 bits per heavy atom. The van der Waals surface area contributed by atoms with E-state index in [9.17, 15) is 4.79 Å². The summed E-state index contributed by atoms with van der Waals surface area (Å²) in [4.78, 5) is 11.6. The molecule has 1 fully saturated rings. The van der Waals surface area contributed by atoms with Crippen molar-refractivity contribution in [2.75, 3.05) is 11.5 Å². The number of hydrogen-bond acceptors (Lipinski definition) is 4. The maximum atomic E-state index is 11.6. The minimum absolute atomic E-state index is 0.139. The van der Waals surface area contributed by atoms with Crippen molar-refractivity contribution in [3.8, 4) is 0 Å². The van der Waals surface area contributed by atoms with Crippen molar-refractivity contribution < 1.29 is 14.3 Å². The minimum Gasteiger partial charge on any atom is -0.433 e. The molecule has 0 aromatic rings. The molecular formula is C13H24O3S. The number of ether oxygens (including phenoxy) is 2. The zero-order valence-electron chi connectivity index (χ0n) is 11.3. The second-order valence-electron chi connectivity index (χ2n) is 5.51. The van der Waals surface area contributed by atoms with E-state index >= 15 is 0 Å². The second-order valence-corrected chi connectivity index (χ2v) is 6.74. The highest BCUT2D eigenvalue weighted by atomic mass is 32.2. The van der Waals surface area contributed by atoms with Crippen molar-refractivity contribution >= 4 is 17.7 Å². The Morgan fingerprint density at radius 2 is 2.00 bits per heavy atom. The van der Waals surface area contributed by atoms with Gasteiger partial charge in [0.25, 0.3) is 0 Å². The maximum Gasteiger partial charge on any atom is 0.337 e. The average Bonchev–Trinajstić information content (AvgIpc) is 2.60. The van der Waals surface area contributed by atoms with Gasteiger partial charge in [-0.05, 0) is 24.3 Å². The lowest BCUT2D eigenvalue weighted by Gasteiger charge is -2.24. The molecule has 0 amide bonds. The fourth-order valence-electron chi connectivity index (χ4n) is 1.52. The number of thioether (sulfide) groups is 1. The normalized spacial score (nSPS) is 25.1. The Balaban J connectivity index is 2.24. The van der Waals surface area contributed by atoms with Crippen molar-refractivity contribution in [3.05, 3.63) is 0 Å². The van der Waals surface area contributed by atoms with Crippen LogP contribution in [0.3, 0.4) is 0 Å². The van der Waals surface area contributed by atoms with Gasteiger partial charge in [-0.2, -0.15) is 11.8 Å². The van der Waals surface area contributed by atoms with E-state index in [1.165, 1.54) is 18.6 Å². The Labute approximate surface area is 109 Å². The van der Waals surface area contributed by atoms with Gasteiger partial charge in [-0.25, -0.2) is 4.79 Å². The number of cyclic esters (lactones) is 1. The van der Waals surface area contributed by atoms with Crippen LogP contribution in [0.5, 0.6) is 0 Å². The summed E-state index contributed by atoms with van der Waals surface area (Å²) in [6.45, 7) is 8.24. The van der Waals surface area contributed by atoms with E-state index < -0.39 is 0 Å². The van der Waals surface area contributed by atoms with Crippen LogP contribution in [0.1, 0.15) is 47.0 Å². The number of carbonyl (C=O) groups is 1. The van der Waals surface area contributed by atoms with Crippen LogP contribution in [0, 0.1) is 5.41 Å². The summed E-state index contributed by atoms with van der Waals surface area (Å²) in [7, 11) is 0. The van der Waals surface area contributed by atoms with Crippen LogP contribution in [0.25, 0.3) is 0 Å². The molecule has 0 N–H and O–H groups in total. The molecule has 1 saturated heterocycles. The smallest absolute Gasteiger partial charge is 0.337 e. The van der Waals surface area contributed by atoms with Gasteiger partial charge in [-0.15, -0.1) is 0 Å². The fourth-order valence-corrected chi connectivity index (χ4v) is 2.60. The van der Waals surface area contributed by atoms with Crippen molar-refractivity contribution in [1.82, 2.24) is 0 Å². The number of unbranched alkanes of at least 4 members (excludes halogenated alkanes) is 1. The summed E-state index contributed by atoms with van der Waals surface area (Å²) in [5.41, 5.74) is -0.139. The third kappa shape index (κ3) is 4.88. The van der Waals surface area contributed by atoms with Crippen LogP contribution in [0.4, 0.5) is 0 Å². The van der Waals surface area contributed by atoms with Gasteiger partial charge in [0.1, 0.15) is 0 Å². The standard InChI is InChI=1S/C13H24O3S/c1-5-6-8-17-9-7-10-11(14)16-12(15-10)13(2,3)4/h10,12H,5-9H2,1-4H3. The molecule has 2 atom stereocenters. The molecule has 1 aliphatic heterocycles. The van der Waals surface area contributed by atoms with E-state index in [1.54, 1.807) is 0 Å². The monoisotopic (exact) mass is 260 g/mol. The second kappa shape index (κ2) is 6.64. The van der Waals surface area contributed by atoms with E-state index in [4.69, 9.17) is 9.47 Å². The lowest BCUT2D eigenvalue weighted by Crippen LogP contribution is -2.27. The first-order chi connectivity index (χ1) is 7.95. The van der Waals surface area contributed by atoms with Gasteiger partial charge < -0.3 is 9.47 Å². The van der Waals surface area contributed by atoms with Crippen LogP contribution in [-0.2, 0) is 14.3 Å². The van der Waals surface area contributed by atoms with Crippen molar-refractivity contribution in [2.24, 2.45) is 5.41 Å². The van der Waals surface area contributed by atoms with E-state index in [-0.39, 0.29) is 23.8 Å². The number of esters is 1. The third-order valence-corrected chi connectivity index (χ3v) is 3.75. The number of carbonyl (C=O) groups excluding carboxylic acids is 1. The molecule has 0 radical (unpaired) electrons. The highest BCUT2D eigenvalue weighted by Crippen LogP contribution is 2.30. The van der Waals surface area contributed by atoms with Gasteiger partial charge in [-0.1, -0.05) is 34.1 Å². The molecule has 0 aromatic carbocycles. The van der Waals surface area contributed by atoms with Gasteiger partial charge in [0, 0.05) is 5.41 Å².